The summed E-state index contributed by atoms with van der Waals surface area (Å²) in [5.74, 6) is -0.483. The van der Waals surface area contributed by atoms with Crippen molar-refractivity contribution in [1.82, 2.24) is 10.2 Å². The molecule has 8 nitrogen and oxygen atoms in total. The highest BCUT2D eigenvalue weighted by Gasteiger charge is 2.36. The Morgan fingerprint density at radius 2 is 1.82 bits per heavy atom. The highest BCUT2D eigenvalue weighted by atomic mass is 16.6. The van der Waals surface area contributed by atoms with Gasteiger partial charge in [-0.3, -0.25) is 9.69 Å². The Hall–Kier alpha value is -2.87. The van der Waals surface area contributed by atoms with E-state index in [1.165, 1.54) is 7.11 Å². The highest BCUT2D eigenvalue weighted by molar-refractivity contribution is 5.95. The fourth-order valence-corrected chi connectivity index (χ4v) is 4.06. The normalized spacial score (nSPS) is 16.8. The van der Waals surface area contributed by atoms with Crippen molar-refractivity contribution in [3.05, 3.63) is 41.1 Å². The number of rotatable bonds is 13. The molecule has 1 aliphatic rings. The Balaban J connectivity index is 2.26. The number of nitrogens with one attached hydrogen (secondary N) is 2. The number of anilines is 1. The van der Waals surface area contributed by atoms with Crippen LogP contribution < -0.4 is 10.6 Å². The van der Waals surface area contributed by atoms with Gasteiger partial charge in [0.1, 0.15) is 6.61 Å². The summed E-state index contributed by atoms with van der Waals surface area (Å²) in [6.07, 6.45) is 4.51. The van der Waals surface area contributed by atoms with E-state index < -0.39 is 12.0 Å². The molecule has 34 heavy (non-hydrogen) atoms. The van der Waals surface area contributed by atoms with Gasteiger partial charge < -0.3 is 20.1 Å². The van der Waals surface area contributed by atoms with Gasteiger partial charge in [-0.1, -0.05) is 45.7 Å². The molecule has 0 fully saturated rings. The number of allylic oxidation sites excluding steroid dienone is 1. The molecule has 0 radical (unpaired) electrons. The number of benzene rings is 1. The molecule has 2 rings (SSSR count). The standard InChI is InChI=1S/C26H39N3O5/c1-6-9-10-19(8-3)24(30)27-21-13-11-20(12-14-21)23-22(25(31)34-17-16-33-5)18(4)29(15-7-2)26(32)28-23/h11-14,19,23H,6-10,15-17H2,1-5H3,(H,27,30)(H,28,32). The van der Waals surface area contributed by atoms with Gasteiger partial charge in [-0.15, -0.1) is 0 Å². The van der Waals surface area contributed by atoms with Crippen LogP contribution in [0, 0.1) is 5.92 Å². The number of hydrogen-bond donors (Lipinski definition) is 2. The quantitative estimate of drug-likeness (QED) is 0.317. The second-order valence-corrected chi connectivity index (χ2v) is 8.52. The van der Waals surface area contributed by atoms with Crippen molar-refractivity contribution in [3.8, 4) is 0 Å². The zero-order valence-corrected chi connectivity index (χ0v) is 21.1. The average Bonchev–Trinajstić information content (AvgIpc) is 2.82. The van der Waals surface area contributed by atoms with Crippen molar-refractivity contribution in [3.63, 3.8) is 0 Å². The van der Waals surface area contributed by atoms with Crippen LogP contribution in [-0.4, -0.2) is 49.7 Å². The molecule has 0 saturated heterocycles. The van der Waals surface area contributed by atoms with Gasteiger partial charge >= 0.3 is 12.0 Å². The van der Waals surface area contributed by atoms with Crippen molar-refractivity contribution in [2.24, 2.45) is 5.92 Å². The molecule has 3 amide bonds. The lowest BCUT2D eigenvalue weighted by Gasteiger charge is -2.35. The molecule has 0 bridgehead atoms. The van der Waals surface area contributed by atoms with Gasteiger partial charge in [0.05, 0.1) is 18.2 Å². The Morgan fingerprint density at radius 1 is 1.12 bits per heavy atom. The molecular formula is C26H39N3O5. The monoisotopic (exact) mass is 473 g/mol. The first-order valence-electron chi connectivity index (χ1n) is 12.2. The highest BCUT2D eigenvalue weighted by Crippen LogP contribution is 2.32. The number of ether oxygens (including phenoxy) is 2. The Kier molecular flexibility index (Phi) is 11.1. The molecule has 2 N–H and O–H groups in total. The zero-order chi connectivity index (χ0) is 25.1. The summed E-state index contributed by atoms with van der Waals surface area (Å²) in [5, 5.41) is 5.93. The van der Waals surface area contributed by atoms with Crippen LogP contribution in [0.1, 0.15) is 71.4 Å². The number of carbonyl (C=O) groups excluding carboxylic acids is 3. The summed E-state index contributed by atoms with van der Waals surface area (Å²) in [7, 11) is 1.54. The lowest BCUT2D eigenvalue weighted by Crippen LogP contribution is -2.48. The van der Waals surface area contributed by atoms with E-state index in [9.17, 15) is 14.4 Å². The topological polar surface area (TPSA) is 97.0 Å². The molecule has 1 heterocycles. The summed E-state index contributed by atoms with van der Waals surface area (Å²) in [4.78, 5) is 39.9. The van der Waals surface area contributed by atoms with E-state index in [0.29, 0.717) is 30.1 Å². The summed E-state index contributed by atoms with van der Waals surface area (Å²) in [6, 6.07) is 6.34. The zero-order valence-electron chi connectivity index (χ0n) is 21.1. The number of esters is 1. The first kappa shape index (κ1) is 27.4. The number of carbonyl (C=O) groups is 3. The van der Waals surface area contributed by atoms with Crippen LogP contribution in [0.5, 0.6) is 0 Å². The van der Waals surface area contributed by atoms with E-state index in [1.54, 1.807) is 24.0 Å². The largest absolute Gasteiger partial charge is 0.460 e. The second kappa shape index (κ2) is 13.7. The first-order chi connectivity index (χ1) is 16.4. The number of hydrogen-bond acceptors (Lipinski definition) is 5. The van der Waals surface area contributed by atoms with E-state index in [4.69, 9.17) is 9.47 Å². The van der Waals surface area contributed by atoms with Gasteiger partial charge in [-0.05, 0) is 43.9 Å². The maximum absolute atomic E-state index is 13.0. The molecule has 1 aliphatic heterocycles. The third kappa shape index (κ3) is 7.06. The molecule has 2 unspecified atom stereocenters. The van der Waals surface area contributed by atoms with Crippen molar-refractivity contribution < 1.29 is 23.9 Å². The third-order valence-corrected chi connectivity index (χ3v) is 6.07. The summed E-state index contributed by atoms with van der Waals surface area (Å²) in [6.45, 7) is 8.80. The van der Waals surface area contributed by atoms with Gasteiger partial charge in [-0.25, -0.2) is 9.59 Å². The van der Waals surface area contributed by atoms with Crippen LogP contribution in [0.25, 0.3) is 0 Å². The number of amides is 3. The van der Waals surface area contributed by atoms with Crippen molar-refractivity contribution in [2.45, 2.75) is 65.8 Å². The molecule has 0 aromatic heterocycles. The van der Waals surface area contributed by atoms with E-state index >= 15 is 0 Å². The van der Waals surface area contributed by atoms with Crippen LogP contribution in [0.2, 0.25) is 0 Å². The Labute approximate surface area is 203 Å². The van der Waals surface area contributed by atoms with E-state index in [2.05, 4.69) is 17.6 Å². The minimum atomic E-state index is -0.645. The van der Waals surface area contributed by atoms with Crippen LogP contribution >= 0.6 is 0 Å². The number of urea groups is 1. The van der Waals surface area contributed by atoms with Crippen LogP contribution in [-0.2, 0) is 19.1 Å². The second-order valence-electron chi connectivity index (χ2n) is 8.52. The predicted molar refractivity (Wildman–Crippen MR) is 132 cm³/mol. The van der Waals surface area contributed by atoms with E-state index in [-0.39, 0.29) is 24.5 Å². The van der Waals surface area contributed by atoms with Gasteiger partial charge in [-0.2, -0.15) is 0 Å². The lowest BCUT2D eigenvalue weighted by molar-refractivity contribution is -0.141. The summed E-state index contributed by atoms with van der Waals surface area (Å²) >= 11 is 0. The molecule has 1 aromatic rings. The fourth-order valence-electron chi connectivity index (χ4n) is 4.06. The molecule has 8 heteroatoms. The summed E-state index contributed by atoms with van der Waals surface area (Å²) < 4.78 is 10.4. The third-order valence-electron chi connectivity index (χ3n) is 6.07. The Bertz CT molecular complexity index is 866. The Morgan fingerprint density at radius 3 is 2.41 bits per heavy atom. The van der Waals surface area contributed by atoms with Crippen LogP contribution in [0.3, 0.4) is 0 Å². The van der Waals surface area contributed by atoms with E-state index in [1.807, 2.05) is 26.0 Å². The van der Waals surface area contributed by atoms with Gasteiger partial charge in [0, 0.05) is 31.0 Å². The fraction of sp³-hybridized carbons (Fsp3) is 0.577. The number of methoxy groups -OCH3 is 1. The minimum Gasteiger partial charge on any atom is -0.460 e. The molecule has 2 atom stereocenters. The van der Waals surface area contributed by atoms with Crippen LogP contribution in [0.4, 0.5) is 10.5 Å². The van der Waals surface area contributed by atoms with Crippen LogP contribution in [0.15, 0.2) is 35.5 Å². The number of nitrogens with zero attached hydrogens (tertiary/aromatic N) is 1. The molecule has 0 saturated carbocycles. The van der Waals surface area contributed by atoms with E-state index in [0.717, 1.165) is 37.7 Å². The van der Waals surface area contributed by atoms with Gasteiger partial charge in [0.2, 0.25) is 5.91 Å². The SMILES string of the molecule is CCCCC(CC)C(=O)Nc1ccc(C2NC(=O)N(CCC)C(C)=C2C(=O)OCCOC)cc1. The molecular weight excluding hydrogens is 434 g/mol. The average molecular weight is 474 g/mol. The molecule has 1 aromatic carbocycles. The van der Waals surface area contributed by atoms with Crippen molar-refractivity contribution >= 4 is 23.6 Å². The first-order valence-corrected chi connectivity index (χ1v) is 12.2. The molecule has 188 valence electrons. The maximum atomic E-state index is 13.0. The lowest BCUT2D eigenvalue weighted by atomic mass is 9.94. The summed E-state index contributed by atoms with van der Waals surface area (Å²) in [5.41, 5.74) is 2.39. The molecule has 0 spiro atoms. The predicted octanol–water partition coefficient (Wildman–Crippen LogP) is 4.78. The van der Waals surface area contributed by atoms with Crippen molar-refractivity contribution in [1.29, 1.82) is 0 Å². The van der Waals surface area contributed by atoms with Gasteiger partial charge in [0.15, 0.2) is 0 Å². The minimum absolute atomic E-state index is 0.0131. The smallest absolute Gasteiger partial charge is 0.338 e. The maximum Gasteiger partial charge on any atom is 0.338 e. The van der Waals surface area contributed by atoms with Crippen molar-refractivity contribution in [2.75, 3.05) is 32.2 Å². The number of unbranched alkanes of at least 4 members (excludes halogenated alkanes) is 1. The van der Waals surface area contributed by atoms with Gasteiger partial charge in [0.25, 0.3) is 0 Å². The molecule has 0 aliphatic carbocycles.